The van der Waals surface area contributed by atoms with Crippen LogP contribution in [0.15, 0.2) is 72.9 Å². The van der Waals surface area contributed by atoms with Crippen LogP contribution < -0.4 is 0 Å². The van der Waals surface area contributed by atoms with Crippen molar-refractivity contribution in [2.24, 2.45) is 5.92 Å². The molecule has 3 nitrogen and oxygen atoms in total. The van der Waals surface area contributed by atoms with Crippen LogP contribution >= 0.6 is 0 Å². The molecule has 0 amide bonds. The first-order valence-corrected chi connectivity index (χ1v) is 11.7. The van der Waals surface area contributed by atoms with Gasteiger partial charge in [-0.2, -0.15) is 0 Å². The van der Waals surface area contributed by atoms with Crippen molar-refractivity contribution in [3.05, 3.63) is 84.1 Å². The van der Waals surface area contributed by atoms with Gasteiger partial charge >= 0.3 is 0 Å². The highest BCUT2D eigenvalue weighted by molar-refractivity contribution is 5.88. The predicted molar refractivity (Wildman–Crippen MR) is 127 cm³/mol. The van der Waals surface area contributed by atoms with Crippen LogP contribution in [-0.2, 0) is 17.8 Å². The van der Waals surface area contributed by atoms with E-state index in [1.807, 2.05) is 4.90 Å². The number of fused-ring (bicyclic) bond motifs is 2. The van der Waals surface area contributed by atoms with Crippen molar-refractivity contribution in [1.82, 2.24) is 9.47 Å². The van der Waals surface area contributed by atoms with E-state index in [0.717, 1.165) is 19.5 Å². The number of likely N-dealkylation sites (tertiary alicyclic amines) is 1. The number of hydrogen-bond acceptors (Lipinski definition) is 2. The third-order valence-electron chi connectivity index (χ3n) is 7.40. The lowest BCUT2D eigenvalue weighted by atomic mass is 9.90. The van der Waals surface area contributed by atoms with Crippen molar-refractivity contribution in [2.45, 2.75) is 51.4 Å². The Morgan fingerprint density at radius 3 is 2.66 bits per heavy atom. The van der Waals surface area contributed by atoms with Gasteiger partial charge in [0.2, 0.25) is 0 Å². The van der Waals surface area contributed by atoms with Gasteiger partial charge in [0.25, 0.3) is 0 Å². The number of para-hydroxylation sites is 1. The Labute approximate surface area is 188 Å². The van der Waals surface area contributed by atoms with Crippen molar-refractivity contribution >= 4 is 21.7 Å². The van der Waals surface area contributed by atoms with E-state index in [-0.39, 0.29) is 12.2 Å². The minimum Gasteiger partial charge on any atom is -0.367 e. The van der Waals surface area contributed by atoms with E-state index in [2.05, 4.69) is 84.4 Å². The average molecular weight is 429 g/mol. The third-order valence-corrected chi connectivity index (χ3v) is 7.40. The van der Waals surface area contributed by atoms with Gasteiger partial charge in [-0.05, 0) is 65.1 Å². The van der Waals surface area contributed by atoms with Gasteiger partial charge in [0.1, 0.15) is 6.10 Å². The molecule has 0 saturated carbocycles. The fraction of sp³-hybridized carbons (Fsp3) is 0.357. The number of aromatic nitrogens is 1. The van der Waals surface area contributed by atoms with E-state index in [0.29, 0.717) is 18.9 Å². The number of alkyl halides is 1. The number of ether oxygens (including phenoxy) is 1. The van der Waals surface area contributed by atoms with Gasteiger partial charge in [-0.15, -0.1) is 0 Å². The molecule has 32 heavy (non-hydrogen) atoms. The Morgan fingerprint density at radius 2 is 1.78 bits per heavy atom. The van der Waals surface area contributed by atoms with E-state index in [1.165, 1.54) is 32.8 Å². The summed E-state index contributed by atoms with van der Waals surface area (Å²) < 4.78 is 23.6. The minimum atomic E-state index is -0.912. The second kappa shape index (κ2) is 8.02. The minimum absolute atomic E-state index is 0.191. The summed E-state index contributed by atoms with van der Waals surface area (Å²) in [6, 6.07) is 23.3. The third kappa shape index (κ3) is 3.62. The first kappa shape index (κ1) is 20.0. The number of aryl methyl sites for hydroxylation is 1. The molecule has 0 radical (unpaired) electrons. The van der Waals surface area contributed by atoms with E-state index in [1.54, 1.807) is 0 Å². The SMILES string of the molecule is Cc1cccc2cccc(CN3CC[C@H]([C@@H]4O[C@H]4Cn4ccc5ccccc54)C[C@@H]3F)c12. The predicted octanol–water partition coefficient (Wildman–Crippen LogP) is 6.08. The lowest BCUT2D eigenvalue weighted by molar-refractivity contribution is 0.00907. The Morgan fingerprint density at radius 1 is 0.969 bits per heavy atom. The molecule has 0 aliphatic carbocycles. The van der Waals surface area contributed by atoms with Gasteiger partial charge in [0, 0.05) is 24.8 Å². The molecule has 4 atom stereocenters. The van der Waals surface area contributed by atoms with E-state index in [9.17, 15) is 0 Å². The molecule has 0 spiro atoms. The zero-order chi connectivity index (χ0) is 21.7. The van der Waals surface area contributed by atoms with Crippen molar-refractivity contribution < 1.29 is 9.13 Å². The van der Waals surface area contributed by atoms with Crippen LogP contribution in [0.5, 0.6) is 0 Å². The zero-order valence-corrected chi connectivity index (χ0v) is 18.5. The van der Waals surface area contributed by atoms with Crippen LogP contribution in [0.2, 0.25) is 0 Å². The molecule has 164 valence electrons. The maximum atomic E-state index is 15.3. The number of benzene rings is 3. The quantitative estimate of drug-likeness (QED) is 0.284. The second-order valence-electron chi connectivity index (χ2n) is 9.45. The highest BCUT2D eigenvalue weighted by Crippen LogP contribution is 2.40. The smallest absolute Gasteiger partial charge is 0.154 e. The van der Waals surface area contributed by atoms with Crippen LogP contribution in [0.1, 0.15) is 24.0 Å². The second-order valence-corrected chi connectivity index (χ2v) is 9.45. The van der Waals surface area contributed by atoms with Gasteiger partial charge in [-0.3, -0.25) is 4.90 Å². The topological polar surface area (TPSA) is 20.7 Å². The summed E-state index contributed by atoms with van der Waals surface area (Å²) in [6.45, 7) is 4.45. The summed E-state index contributed by atoms with van der Waals surface area (Å²) in [5.74, 6) is 0.308. The standard InChI is InChI=1S/C28H29FN2O/c1-19-6-4-8-21-9-5-10-23(27(19)21)17-31-15-13-22(16-26(31)29)28-25(32-28)18-30-14-12-20-7-2-3-11-24(20)30/h2-12,14,22,25-26,28H,13,15-18H2,1H3/t22-,25-,26+,28-/m0/s1. The number of halogens is 1. The number of rotatable bonds is 5. The number of nitrogens with zero attached hydrogens (tertiary/aromatic N) is 2. The summed E-state index contributed by atoms with van der Waals surface area (Å²) in [7, 11) is 0. The molecule has 3 aromatic carbocycles. The summed E-state index contributed by atoms with van der Waals surface area (Å²) >= 11 is 0. The molecule has 2 aliphatic heterocycles. The molecule has 2 saturated heterocycles. The Hall–Kier alpha value is -2.69. The Balaban J connectivity index is 1.10. The monoisotopic (exact) mass is 428 g/mol. The number of hydrogen-bond donors (Lipinski definition) is 0. The van der Waals surface area contributed by atoms with Crippen LogP contribution in [0.25, 0.3) is 21.7 Å². The highest BCUT2D eigenvalue weighted by Gasteiger charge is 2.47. The van der Waals surface area contributed by atoms with Crippen LogP contribution in [0.4, 0.5) is 4.39 Å². The molecular weight excluding hydrogens is 399 g/mol. The van der Waals surface area contributed by atoms with Crippen LogP contribution in [-0.4, -0.2) is 34.5 Å². The van der Waals surface area contributed by atoms with Gasteiger partial charge in [0.05, 0.1) is 12.6 Å². The number of epoxide rings is 1. The molecule has 0 N–H and O–H groups in total. The molecule has 0 bridgehead atoms. The molecule has 3 heterocycles. The summed E-state index contributed by atoms with van der Waals surface area (Å²) in [6.07, 6.45) is 3.18. The van der Waals surface area contributed by atoms with Gasteiger partial charge in [-0.25, -0.2) is 4.39 Å². The molecule has 4 heteroatoms. The van der Waals surface area contributed by atoms with Gasteiger partial charge in [-0.1, -0.05) is 54.6 Å². The van der Waals surface area contributed by atoms with E-state index in [4.69, 9.17) is 4.74 Å². The summed E-state index contributed by atoms with van der Waals surface area (Å²) in [4.78, 5) is 2.01. The molecule has 2 aliphatic rings. The van der Waals surface area contributed by atoms with Crippen molar-refractivity contribution in [3.63, 3.8) is 0 Å². The summed E-state index contributed by atoms with van der Waals surface area (Å²) in [5, 5.41) is 3.76. The van der Waals surface area contributed by atoms with Crippen molar-refractivity contribution in [2.75, 3.05) is 6.54 Å². The maximum absolute atomic E-state index is 15.3. The summed E-state index contributed by atoms with van der Waals surface area (Å²) in [5.41, 5.74) is 3.72. The fourth-order valence-electron chi connectivity index (χ4n) is 5.65. The Kier molecular flexibility index (Phi) is 5.00. The molecule has 0 unspecified atom stereocenters. The molecule has 4 aromatic rings. The average Bonchev–Trinajstić information content (AvgIpc) is 3.46. The lowest BCUT2D eigenvalue weighted by Gasteiger charge is -2.35. The van der Waals surface area contributed by atoms with Crippen molar-refractivity contribution in [1.29, 1.82) is 0 Å². The fourth-order valence-corrected chi connectivity index (χ4v) is 5.65. The highest BCUT2D eigenvalue weighted by atomic mass is 19.1. The van der Waals surface area contributed by atoms with Crippen LogP contribution in [0.3, 0.4) is 0 Å². The van der Waals surface area contributed by atoms with Crippen LogP contribution in [0, 0.1) is 12.8 Å². The van der Waals surface area contributed by atoms with Gasteiger partial charge < -0.3 is 9.30 Å². The first-order chi connectivity index (χ1) is 15.7. The van der Waals surface area contributed by atoms with Crippen molar-refractivity contribution in [3.8, 4) is 0 Å². The normalized spacial score (nSPS) is 26.1. The van der Waals surface area contributed by atoms with Gasteiger partial charge in [0.15, 0.2) is 6.30 Å². The molecular formula is C28H29FN2O. The Bertz CT molecular complexity index is 1260. The number of piperidine rings is 1. The molecule has 1 aromatic heterocycles. The first-order valence-electron chi connectivity index (χ1n) is 11.7. The van der Waals surface area contributed by atoms with E-state index < -0.39 is 6.30 Å². The van der Waals surface area contributed by atoms with E-state index >= 15 is 4.39 Å². The lowest BCUT2D eigenvalue weighted by Crippen LogP contribution is -2.41. The zero-order valence-electron chi connectivity index (χ0n) is 18.5. The maximum Gasteiger partial charge on any atom is 0.154 e. The molecule has 2 fully saturated rings. The molecule has 6 rings (SSSR count). The largest absolute Gasteiger partial charge is 0.367 e.